The first-order valence-corrected chi connectivity index (χ1v) is 13.3. The van der Waals surface area contributed by atoms with Crippen LogP contribution in [0.4, 0.5) is 10.3 Å². The van der Waals surface area contributed by atoms with Crippen molar-refractivity contribution in [2.24, 2.45) is 0 Å². The summed E-state index contributed by atoms with van der Waals surface area (Å²) in [6, 6.07) is 9.47. The molecule has 0 amide bonds. The summed E-state index contributed by atoms with van der Waals surface area (Å²) < 4.78 is 25.8. The molecule has 30 heavy (non-hydrogen) atoms. The standard InChI is InChI=1S/C21H22N4O2S3/c1-13-4-5-14(2)19-18(13)23-21(29-19)25-10-8-24(9-11-25)20-22-16-7-6-15(30(3,26)27)12-17(16)28-20/h4-7,12H,8-11H2,1-3H3. The number of aryl methyl sites for hydroxylation is 2. The van der Waals surface area contributed by atoms with Gasteiger partial charge in [0.2, 0.25) is 0 Å². The number of sulfone groups is 1. The van der Waals surface area contributed by atoms with Crippen LogP contribution in [-0.2, 0) is 9.84 Å². The Bertz CT molecular complexity index is 1330. The highest BCUT2D eigenvalue weighted by Crippen LogP contribution is 2.35. The van der Waals surface area contributed by atoms with Gasteiger partial charge < -0.3 is 9.80 Å². The second-order valence-corrected chi connectivity index (χ2v) is 11.7. The molecule has 1 aliphatic rings. The lowest BCUT2D eigenvalue weighted by Gasteiger charge is -2.34. The molecule has 0 spiro atoms. The van der Waals surface area contributed by atoms with Gasteiger partial charge >= 0.3 is 0 Å². The molecular weight excluding hydrogens is 436 g/mol. The third-order valence-electron chi connectivity index (χ3n) is 5.53. The van der Waals surface area contributed by atoms with Gasteiger partial charge in [-0.15, -0.1) is 0 Å². The van der Waals surface area contributed by atoms with E-state index in [1.165, 1.54) is 22.1 Å². The average molecular weight is 459 g/mol. The summed E-state index contributed by atoms with van der Waals surface area (Å²) in [5.74, 6) is 0. The van der Waals surface area contributed by atoms with Crippen molar-refractivity contribution in [2.75, 3.05) is 42.2 Å². The lowest BCUT2D eigenvalue weighted by Crippen LogP contribution is -2.46. The summed E-state index contributed by atoms with van der Waals surface area (Å²) in [7, 11) is -3.21. The average Bonchev–Trinajstić information content (AvgIpc) is 3.35. The quantitative estimate of drug-likeness (QED) is 0.457. The van der Waals surface area contributed by atoms with Gasteiger partial charge in [0.25, 0.3) is 0 Å². The maximum atomic E-state index is 11.8. The van der Waals surface area contributed by atoms with Gasteiger partial charge in [-0.1, -0.05) is 34.8 Å². The molecule has 1 fully saturated rings. The summed E-state index contributed by atoms with van der Waals surface area (Å²) >= 11 is 3.33. The Hall–Kier alpha value is -2.23. The van der Waals surface area contributed by atoms with E-state index in [9.17, 15) is 8.42 Å². The Balaban J connectivity index is 1.36. The largest absolute Gasteiger partial charge is 0.345 e. The highest BCUT2D eigenvalue weighted by molar-refractivity contribution is 7.90. The third kappa shape index (κ3) is 3.44. The highest BCUT2D eigenvalue weighted by atomic mass is 32.2. The van der Waals surface area contributed by atoms with Crippen molar-refractivity contribution in [1.29, 1.82) is 0 Å². The molecule has 3 heterocycles. The molecule has 4 aromatic rings. The van der Waals surface area contributed by atoms with Crippen LogP contribution in [0.1, 0.15) is 11.1 Å². The number of nitrogens with zero attached hydrogens (tertiary/aromatic N) is 4. The van der Waals surface area contributed by atoms with Gasteiger partial charge in [-0.2, -0.15) is 0 Å². The SMILES string of the molecule is Cc1ccc(C)c2sc(N3CCN(c4nc5ccc(S(C)(=O)=O)cc5s4)CC3)nc12. The first-order valence-electron chi connectivity index (χ1n) is 9.77. The number of hydrogen-bond acceptors (Lipinski definition) is 8. The van der Waals surface area contributed by atoms with Gasteiger partial charge in [-0.25, -0.2) is 18.4 Å². The minimum atomic E-state index is -3.21. The van der Waals surface area contributed by atoms with Crippen LogP contribution in [0.3, 0.4) is 0 Å². The molecule has 2 aromatic heterocycles. The molecule has 0 bridgehead atoms. The molecule has 156 valence electrons. The van der Waals surface area contributed by atoms with Crippen LogP contribution in [0.2, 0.25) is 0 Å². The van der Waals surface area contributed by atoms with Crippen molar-refractivity contribution in [2.45, 2.75) is 18.7 Å². The number of hydrogen-bond donors (Lipinski definition) is 0. The Morgan fingerprint density at radius 2 is 1.50 bits per heavy atom. The Morgan fingerprint density at radius 3 is 2.13 bits per heavy atom. The second kappa shape index (κ2) is 7.18. The molecule has 1 aliphatic heterocycles. The van der Waals surface area contributed by atoms with Crippen LogP contribution in [0.15, 0.2) is 35.2 Å². The number of thiazole rings is 2. The molecule has 0 unspecified atom stereocenters. The number of aromatic nitrogens is 2. The van der Waals surface area contributed by atoms with Crippen LogP contribution < -0.4 is 9.80 Å². The van der Waals surface area contributed by atoms with Gasteiger partial charge in [-0.05, 0) is 43.2 Å². The number of piperazine rings is 1. The molecule has 9 heteroatoms. The summed E-state index contributed by atoms with van der Waals surface area (Å²) in [6.07, 6.45) is 1.24. The van der Waals surface area contributed by atoms with Crippen molar-refractivity contribution in [1.82, 2.24) is 9.97 Å². The van der Waals surface area contributed by atoms with E-state index < -0.39 is 9.84 Å². The molecule has 5 rings (SSSR count). The Morgan fingerprint density at radius 1 is 0.867 bits per heavy atom. The predicted octanol–water partition coefficient (Wildman–Crippen LogP) is 4.25. The van der Waals surface area contributed by atoms with Crippen LogP contribution in [0.25, 0.3) is 20.4 Å². The zero-order valence-electron chi connectivity index (χ0n) is 17.0. The van der Waals surface area contributed by atoms with E-state index >= 15 is 0 Å². The molecule has 0 N–H and O–H groups in total. The van der Waals surface area contributed by atoms with Gasteiger partial charge in [-0.3, -0.25) is 0 Å². The molecule has 2 aromatic carbocycles. The predicted molar refractivity (Wildman–Crippen MR) is 126 cm³/mol. The van der Waals surface area contributed by atoms with E-state index in [4.69, 9.17) is 9.97 Å². The fraction of sp³-hybridized carbons (Fsp3) is 0.333. The van der Waals surface area contributed by atoms with Gasteiger partial charge in [0.15, 0.2) is 20.1 Å². The minimum absolute atomic E-state index is 0.344. The normalized spacial score (nSPS) is 15.4. The molecule has 0 saturated carbocycles. The molecule has 6 nitrogen and oxygen atoms in total. The van der Waals surface area contributed by atoms with E-state index in [0.29, 0.717) is 4.90 Å². The molecule has 0 radical (unpaired) electrons. The fourth-order valence-corrected chi connectivity index (χ4v) is 6.67. The van der Waals surface area contributed by atoms with Crippen LogP contribution >= 0.6 is 22.7 Å². The zero-order chi connectivity index (χ0) is 21.0. The van der Waals surface area contributed by atoms with E-state index in [-0.39, 0.29) is 0 Å². The zero-order valence-corrected chi connectivity index (χ0v) is 19.5. The van der Waals surface area contributed by atoms with Crippen molar-refractivity contribution in [3.63, 3.8) is 0 Å². The second-order valence-electron chi connectivity index (χ2n) is 7.75. The minimum Gasteiger partial charge on any atom is -0.345 e. The number of rotatable bonds is 3. The summed E-state index contributed by atoms with van der Waals surface area (Å²) in [6.45, 7) is 7.78. The highest BCUT2D eigenvalue weighted by Gasteiger charge is 2.23. The first kappa shape index (κ1) is 19.7. The maximum Gasteiger partial charge on any atom is 0.186 e. The summed E-state index contributed by atoms with van der Waals surface area (Å²) in [4.78, 5) is 14.6. The monoisotopic (exact) mass is 458 g/mol. The lowest BCUT2D eigenvalue weighted by atomic mass is 10.1. The third-order valence-corrected chi connectivity index (χ3v) is 8.97. The smallest absolute Gasteiger partial charge is 0.186 e. The topological polar surface area (TPSA) is 66.4 Å². The summed E-state index contributed by atoms with van der Waals surface area (Å²) in [5.41, 5.74) is 4.47. The van der Waals surface area contributed by atoms with Gasteiger partial charge in [0.1, 0.15) is 0 Å². The number of benzene rings is 2. The van der Waals surface area contributed by atoms with Crippen molar-refractivity contribution in [3.05, 3.63) is 41.5 Å². The molecule has 0 atom stereocenters. The van der Waals surface area contributed by atoms with E-state index in [1.807, 2.05) is 0 Å². The number of anilines is 2. The van der Waals surface area contributed by atoms with E-state index in [2.05, 4.69) is 35.8 Å². The Kier molecular flexibility index (Phi) is 4.72. The number of fused-ring (bicyclic) bond motifs is 2. The molecular formula is C21H22N4O2S3. The fourth-order valence-electron chi connectivity index (χ4n) is 3.73. The summed E-state index contributed by atoms with van der Waals surface area (Å²) in [5, 5.41) is 2.04. The van der Waals surface area contributed by atoms with Crippen molar-refractivity contribution >= 4 is 63.2 Å². The van der Waals surface area contributed by atoms with E-state index in [1.54, 1.807) is 40.9 Å². The van der Waals surface area contributed by atoms with E-state index in [0.717, 1.165) is 52.2 Å². The van der Waals surface area contributed by atoms with Crippen molar-refractivity contribution < 1.29 is 8.42 Å². The van der Waals surface area contributed by atoms with Crippen molar-refractivity contribution in [3.8, 4) is 0 Å². The maximum absolute atomic E-state index is 11.8. The first-order chi connectivity index (χ1) is 14.3. The van der Waals surface area contributed by atoms with Gasteiger partial charge in [0, 0.05) is 32.4 Å². The molecule has 0 aliphatic carbocycles. The van der Waals surface area contributed by atoms with Crippen LogP contribution in [0, 0.1) is 13.8 Å². The lowest BCUT2D eigenvalue weighted by molar-refractivity contribution is 0.602. The molecule has 1 saturated heterocycles. The van der Waals surface area contributed by atoms with Crippen LogP contribution in [0.5, 0.6) is 0 Å². The Labute approximate surface area is 183 Å². The van der Waals surface area contributed by atoms with Crippen LogP contribution in [-0.4, -0.2) is 50.8 Å². The van der Waals surface area contributed by atoms with Gasteiger partial charge in [0.05, 0.1) is 25.3 Å².